The lowest BCUT2D eigenvalue weighted by atomic mass is 10.0. The lowest BCUT2D eigenvalue weighted by Gasteiger charge is -2.08. The molecule has 0 saturated carbocycles. The number of rotatable bonds is 4. The molecule has 0 saturated heterocycles. The number of hydrazone groups is 1. The summed E-state index contributed by atoms with van der Waals surface area (Å²) >= 11 is 6.19. The van der Waals surface area contributed by atoms with Gasteiger partial charge in [0.2, 0.25) is 0 Å². The van der Waals surface area contributed by atoms with Gasteiger partial charge in [-0.2, -0.15) is 5.10 Å². The summed E-state index contributed by atoms with van der Waals surface area (Å²) in [5.74, 6) is 0.0491. The SMILES string of the molecule is CCOC(=O)/C(C)=N\NC1=Nc2ccc(Cl)cc2C(c2ccccc2)=NC1. The first-order chi connectivity index (χ1) is 13.1. The number of benzene rings is 2. The maximum Gasteiger partial charge on any atom is 0.354 e. The van der Waals surface area contributed by atoms with E-state index in [1.165, 1.54) is 0 Å². The summed E-state index contributed by atoms with van der Waals surface area (Å²) in [6.45, 7) is 3.91. The molecule has 0 aromatic heterocycles. The topological polar surface area (TPSA) is 75.4 Å². The molecule has 0 spiro atoms. The third-order valence-corrected chi connectivity index (χ3v) is 4.06. The van der Waals surface area contributed by atoms with Crippen molar-refractivity contribution < 1.29 is 9.53 Å². The van der Waals surface area contributed by atoms with Gasteiger partial charge in [-0.05, 0) is 32.0 Å². The Morgan fingerprint density at radius 3 is 2.78 bits per heavy atom. The van der Waals surface area contributed by atoms with Crippen LogP contribution in [0.25, 0.3) is 0 Å². The summed E-state index contributed by atoms with van der Waals surface area (Å²) in [7, 11) is 0. The second-order valence-electron chi connectivity index (χ2n) is 5.78. The number of ether oxygens (including phenoxy) is 1. The number of esters is 1. The molecule has 0 aliphatic carbocycles. The normalized spacial score (nSPS) is 13.8. The predicted octanol–water partition coefficient (Wildman–Crippen LogP) is 3.75. The van der Waals surface area contributed by atoms with Crippen LogP contribution in [0.5, 0.6) is 0 Å². The summed E-state index contributed by atoms with van der Waals surface area (Å²) in [5, 5.41) is 4.67. The molecule has 0 radical (unpaired) electrons. The second kappa shape index (κ2) is 8.60. The standard InChI is InChI=1S/C20H19ClN4O2/c1-3-27-20(26)13(2)24-25-18-12-22-19(14-7-5-4-6-8-14)16-11-15(21)9-10-17(16)23-18/h4-11H,3,12H2,1-2H3,(H,23,25)/b24-13-. The van der Waals surface area contributed by atoms with Crippen molar-refractivity contribution in [3.63, 3.8) is 0 Å². The van der Waals surface area contributed by atoms with Gasteiger partial charge < -0.3 is 4.74 Å². The lowest BCUT2D eigenvalue weighted by Crippen LogP contribution is -2.25. The highest BCUT2D eigenvalue weighted by Gasteiger charge is 2.17. The van der Waals surface area contributed by atoms with Crippen LogP contribution >= 0.6 is 11.6 Å². The largest absolute Gasteiger partial charge is 0.461 e. The quantitative estimate of drug-likeness (QED) is 0.497. The van der Waals surface area contributed by atoms with Crippen LogP contribution < -0.4 is 5.43 Å². The molecule has 0 bridgehead atoms. The fourth-order valence-corrected chi connectivity index (χ4v) is 2.72. The molecule has 0 atom stereocenters. The van der Waals surface area contributed by atoms with Gasteiger partial charge in [0.1, 0.15) is 11.5 Å². The molecule has 0 amide bonds. The number of aliphatic imine (C=N–C) groups is 2. The van der Waals surface area contributed by atoms with Crippen molar-refractivity contribution >= 4 is 40.5 Å². The van der Waals surface area contributed by atoms with Gasteiger partial charge in [-0.15, -0.1) is 0 Å². The number of carbonyl (C=O) groups excluding carboxylic acids is 1. The zero-order chi connectivity index (χ0) is 19.2. The molecule has 27 heavy (non-hydrogen) atoms. The van der Waals surface area contributed by atoms with Crippen molar-refractivity contribution in [3.8, 4) is 0 Å². The van der Waals surface area contributed by atoms with E-state index < -0.39 is 5.97 Å². The minimum atomic E-state index is -0.472. The third-order valence-electron chi connectivity index (χ3n) is 3.83. The summed E-state index contributed by atoms with van der Waals surface area (Å²) in [6, 6.07) is 15.3. The van der Waals surface area contributed by atoms with Gasteiger partial charge in [0.05, 0.1) is 24.6 Å². The highest BCUT2D eigenvalue weighted by molar-refractivity contribution is 6.35. The summed E-state index contributed by atoms with van der Waals surface area (Å²) in [6.07, 6.45) is 0. The molecule has 0 fully saturated rings. The highest BCUT2D eigenvalue weighted by Crippen LogP contribution is 2.28. The molecular formula is C20H19ClN4O2. The Morgan fingerprint density at radius 1 is 1.26 bits per heavy atom. The number of fused-ring (bicyclic) bond motifs is 1. The van der Waals surface area contributed by atoms with Crippen LogP contribution in [0.3, 0.4) is 0 Å². The molecule has 2 aromatic carbocycles. The molecule has 0 unspecified atom stereocenters. The van der Waals surface area contributed by atoms with Gasteiger partial charge in [-0.1, -0.05) is 41.9 Å². The van der Waals surface area contributed by atoms with Crippen LogP contribution in [0.15, 0.2) is 63.6 Å². The minimum absolute atomic E-state index is 0.215. The van der Waals surface area contributed by atoms with Crippen molar-refractivity contribution in [3.05, 3.63) is 64.7 Å². The zero-order valence-corrected chi connectivity index (χ0v) is 15.8. The zero-order valence-electron chi connectivity index (χ0n) is 15.1. The van der Waals surface area contributed by atoms with Crippen LogP contribution in [-0.4, -0.2) is 36.4 Å². The average molecular weight is 383 g/mol. The maximum absolute atomic E-state index is 11.7. The maximum atomic E-state index is 11.7. The molecule has 3 rings (SSSR count). The van der Waals surface area contributed by atoms with Crippen LogP contribution in [0.2, 0.25) is 5.02 Å². The summed E-state index contributed by atoms with van der Waals surface area (Å²) in [5.41, 5.74) is 6.39. The molecule has 2 aromatic rings. The number of halogens is 1. The molecule has 1 heterocycles. The number of carbonyl (C=O) groups is 1. The number of nitrogens with one attached hydrogen (secondary N) is 1. The molecule has 1 aliphatic rings. The van der Waals surface area contributed by atoms with Gasteiger partial charge in [-0.3, -0.25) is 10.4 Å². The Kier molecular flexibility index (Phi) is 5.98. The Labute approximate surface area is 162 Å². The lowest BCUT2D eigenvalue weighted by molar-refractivity contribution is -0.135. The van der Waals surface area contributed by atoms with E-state index in [1.807, 2.05) is 42.5 Å². The van der Waals surface area contributed by atoms with Gasteiger partial charge in [0.15, 0.2) is 0 Å². The van der Waals surface area contributed by atoms with Crippen LogP contribution in [0.4, 0.5) is 5.69 Å². The Hall–Kier alpha value is -2.99. The number of hydrogen-bond acceptors (Lipinski definition) is 6. The van der Waals surface area contributed by atoms with E-state index in [0.29, 0.717) is 17.5 Å². The summed E-state index contributed by atoms with van der Waals surface area (Å²) in [4.78, 5) is 21.0. The van der Waals surface area contributed by atoms with E-state index in [1.54, 1.807) is 19.9 Å². The van der Waals surface area contributed by atoms with E-state index in [4.69, 9.17) is 21.3 Å². The van der Waals surface area contributed by atoms with Crippen molar-refractivity contribution in [2.75, 3.05) is 13.2 Å². The molecule has 6 nitrogen and oxygen atoms in total. The first-order valence-electron chi connectivity index (χ1n) is 8.53. The Bertz CT molecular complexity index is 936. The predicted molar refractivity (Wildman–Crippen MR) is 108 cm³/mol. The van der Waals surface area contributed by atoms with Gasteiger partial charge >= 0.3 is 5.97 Å². The van der Waals surface area contributed by atoms with E-state index in [0.717, 1.165) is 22.5 Å². The van der Waals surface area contributed by atoms with Crippen molar-refractivity contribution in [1.82, 2.24) is 5.43 Å². The summed E-state index contributed by atoms with van der Waals surface area (Å²) < 4.78 is 4.92. The van der Waals surface area contributed by atoms with Gasteiger partial charge in [0.25, 0.3) is 0 Å². The van der Waals surface area contributed by atoms with E-state index in [9.17, 15) is 4.79 Å². The fourth-order valence-electron chi connectivity index (χ4n) is 2.55. The molecule has 1 N–H and O–H groups in total. The van der Waals surface area contributed by atoms with E-state index in [-0.39, 0.29) is 12.3 Å². The molecule has 1 aliphatic heterocycles. The van der Waals surface area contributed by atoms with Crippen LogP contribution in [0.1, 0.15) is 25.0 Å². The minimum Gasteiger partial charge on any atom is -0.461 e. The average Bonchev–Trinajstić information content (AvgIpc) is 2.86. The van der Waals surface area contributed by atoms with Crippen molar-refractivity contribution in [1.29, 1.82) is 0 Å². The smallest absolute Gasteiger partial charge is 0.354 e. The second-order valence-corrected chi connectivity index (χ2v) is 6.22. The van der Waals surface area contributed by atoms with E-state index >= 15 is 0 Å². The van der Waals surface area contributed by atoms with Crippen molar-refractivity contribution in [2.45, 2.75) is 13.8 Å². The monoisotopic (exact) mass is 382 g/mol. The molecule has 7 heteroatoms. The van der Waals surface area contributed by atoms with Crippen LogP contribution in [-0.2, 0) is 9.53 Å². The first-order valence-corrected chi connectivity index (χ1v) is 8.91. The Morgan fingerprint density at radius 2 is 2.04 bits per heavy atom. The third kappa shape index (κ3) is 4.60. The number of nitrogens with zero attached hydrogens (tertiary/aromatic N) is 3. The van der Waals surface area contributed by atoms with Crippen molar-refractivity contribution in [2.24, 2.45) is 15.1 Å². The first kappa shape index (κ1) is 18.8. The van der Waals surface area contributed by atoms with Crippen LogP contribution in [0, 0.1) is 0 Å². The van der Waals surface area contributed by atoms with E-state index in [2.05, 4.69) is 15.5 Å². The number of hydrogen-bond donors (Lipinski definition) is 1. The Balaban J connectivity index is 1.94. The molecule has 138 valence electrons. The van der Waals surface area contributed by atoms with Gasteiger partial charge in [-0.25, -0.2) is 9.79 Å². The molecular weight excluding hydrogens is 364 g/mol. The van der Waals surface area contributed by atoms with Gasteiger partial charge in [0, 0.05) is 16.1 Å². The highest BCUT2D eigenvalue weighted by atomic mass is 35.5. The number of amidine groups is 1. The fraction of sp³-hybridized carbons (Fsp3) is 0.200.